The van der Waals surface area contributed by atoms with Crippen LogP contribution >= 0.6 is 11.6 Å². The predicted octanol–water partition coefficient (Wildman–Crippen LogP) is 5.48. The zero-order valence-electron chi connectivity index (χ0n) is 24.6. The van der Waals surface area contributed by atoms with E-state index in [1.807, 2.05) is 24.3 Å². The molecule has 6 rings (SSSR count). The second-order valence-corrected chi connectivity index (χ2v) is 13.9. The molecule has 43 heavy (non-hydrogen) atoms. The van der Waals surface area contributed by atoms with Crippen molar-refractivity contribution in [3.63, 3.8) is 0 Å². The fourth-order valence-electron chi connectivity index (χ4n) is 7.26. The third-order valence-corrected chi connectivity index (χ3v) is 10.8. The zero-order chi connectivity index (χ0) is 30.0. The molecule has 0 unspecified atom stereocenters. The number of anilines is 1. The summed E-state index contributed by atoms with van der Waals surface area (Å²) in [6, 6.07) is 11.7. The Bertz CT molecular complexity index is 1460. The Kier molecular flexibility index (Phi) is 9.45. The van der Waals surface area contributed by atoms with Crippen LogP contribution < -0.4 is 9.64 Å². The van der Waals surface area contributed by atoms with Crippen molar-refractivity contribution in [2.75, 3.05) is 50.7 Å². The van der Waals surface area contributed by atoms with Gasteiger partial charge in [0.25, 0.3) is 5.91 Å². The number of methoxy groups -OCH3 is 1. The minimum absolute atomic E-state index is 0.0933. The fourth-order valence-corrected chi connectivity index (χ4v) is 8.27. The summed E-state index contributed by atoms with van der Waals surface area (Å²) in [5.41, 5.74) is 3.63. The molecule has 2 aliphatic carbocycles. The molecular weight excluding hydrogens is 588 g/mol. The van der Waals surface area contributed by atoms with Crippen LogP contribution in [-0.2, 0) is 36.1 Å². The van der Waals surface area contributed by atoms with E-state index < -0.39 is 16.5 Å². The van der Waals surface area contributed by atoms with Gasteiger partial charge in [-0.2, -0.15) is 10.6 Å². The summed E-state index contributed by atoms with van der Waals surface area (Å²) < 4.78 is 35.2. The van der Waals surface area contributed by atoms with Crippen LogP contribution in [0, 0.1) is 11.8 Å². The zero-order valence-corrected chi connectivity index (χ0v) is 26.2. The normalized spacial score (nSPS) is 30.3. The van der Waals surface area contributed by atoms with Gasteiger partial charge in [-0.15, -0.1) is 0 Å². The number of benzene rings is 2. The topological polar surface area (TPSA) is 97.7 Å². The second kappa shape index (κ2) is 13.3. The Morgan fingerprint density at radius 1 is 1.19 bits per heavy atom. The summed E-state index contributed by atoms with van der Waals surface area (Å²) in [7, 11) is 0.0226. The van der Waals surface area contributed by atoms with Crippen molar-refractivity contribution in [1.82, 2.24) is 0 Å². The summed E-state index contributed by atoms with van der Waals surface area (Å²) in [6.07, 6.45) is 9.14. The molecule has 0 saturated heterocycles. The van der Waals surface area contributed by atoms with Gasteiger partial charge in [-0.1, -0.05) is 35.6 Å². The van der Waals surface area contributed by atoms with Crippen LogP contribution in [-0.4, -0.2) is 69.0 Å². The standard InChI is InChI=1S/C33H40ClN2O6S/c1-40-30-11-7-26(41-15-14-37)12-16-43(39)35-32(38)23-5-10-31-29(18-23)36(19-24-4-8-27(24)30)20-33(21-42-31)13-2-3-22-17-25(34)6-9-28(22)33/h5-7,9-11,17-18,24,26-27,30,37H,2-4,8,12-16,19-21H2,1H3/q-1/b11-7+/t24-,26-,27+,30-,33-/m0/s1. The monoisotopic (exact) mass is 627 g/mol. The van der Waals surface area contributed by atoms with E-state index in [1.54, 1.807) is 13.2 Å². The van der Waals surface area contributed by atoms with Crippen molar-refractivity contribution >= 4 is 33.8 Å². The highest BCUT2D eigenvalue weighted by Gasteiger charge is 2.44. The molecule has 1 saturated carbocycles. The highest BCUT2D eigenvalue weighted by Crippen LogP contribution is 2.47. The van der Waals surface area contributed by atoms with Gasteiger partial charge in [0.2, 0.25) is 0 Å². The molecule has 10 heteroatoms. The van der Waals surface area contributed by atoms with Gasteiger partial charge in [-0.25, -0.2) is 0 Å². The van der Waals surface area contributed by atoms with Gasteiger partial charge < -0.3 is 32.8 Å². The van der Waals surface area contributed by atoms with E-state index in [-0.39, 0.29) is 36.6 Å². The first-order valence-corrected chi connectivity index (χ1v) is 16.9. The number of fused-ring (bicyclic) bond motifs is 4. The fraction of sp³-hybridized carbons (Fsp3) is 0.545. The third kappa shape index (κ3) is 6.52. The van der Waals surface area contributed by atoms with Crippen molar-refractivity contribution in [2.24, 2.45) is 16.2 Å². The first kappa shape index (κ1) is 30.6. The maximum absolute atomic E-state index is 13.2. The van der Waals surface area contributed by atoms with E-state index in [9.17, 15) is 14.1 Å². The SMILES string of the molecule is CO[C@H]1/C=C/[C@H](OCCO)CC[S-](=O)=NC(=O)c2ccc3c(c2)N(C[C@@H]2CC[C@H]21)C[C@@]1(CCCc2cc(Cl)ccc21)CO3. The van der Waals surface area contributed by atoms with Gasteiger partial charge in [0, 0.05) is 36.2 Å². The first-order valence-electron chi connectivity index (χ1n) is 15.3. The Balaban J connectivity index is 1.40. The van der Waals surface area contributed by atoms with Crippen LogP contribution in [0.4, 0.5) is 5.69 Å². The van der Waals surface area contributed by atoms with Crippen LogP contribution in [0.15, 0.2) is 52.9 Å². The number of rotatable bonds is 4. The quantitative estimate of drug-likeness (QED) is 0.354. The molecule has 2 aromatic carbocycles. The highest BCUT2D eigenvalue weighted by atomic mass is 35.5. The van der Waals surface area contributed by atoms with Crippen LogP contribution in [0.2, 0.25) is 5.02 Å². The molecule has 0 radical (unpaired) electrons. The van der Waals surface area contributed by atoms with Crippen molar-refractivity contribution in [3.05, 3.63) is 70.3 Å². The summed E-state index contributed by atoms with van der Waals surface area (Å²) >= 11 is 6.41. The van der Waals surface area contributed by atoms with Crippen LogP contribution in [0.3, 0.4) is 0 Å². The number of nitrogens with zero attached hydrogens (tertiary/aromatic N) is 2. The summed E-state index contributed by atoms with van der Waals surface area (Å²) in [5.74, 6) is 1.12. The average Bonchev–Trinajstić information content (AvgIpc) is 3.14. The molecule has 1 N–H and O–H groups in total. The van der Waals surface area contributed by atoms with Gasteiger partial charge in [0.15, 0.2) is 0 Å². The van der Waals surface area contributed by atoms with Gasteiger partial charge >= 0.3 is 0 Å². The van der Waals surface area contributed by atoms with E-state index in [4.69, 9.17) is 25.8 Å². The molecule has 2 aromatic rings. The number of carbonyl (C=O) groups is 1. The number of aryl methyl sites for hydroxylation is 1. The molecular formula is C33H40ClN2O6S-. The summed E-state index contributed by atoms with van der Waals surface area (Å²) in [4.78, 5) is 15.6. The Labute approximate surface area is 260 Å². The number of amides is 1. The average molecular weight is 628 g/mol. The molecule has 1 spiro atoms. The van der Waals surface area contributed by atoms with E-state index in [1.165, 1.54) is 11.1 Å². The summed E-state index contributed by atoms with van der Waals surface area (Å²) in [5, 5.41) is 10.1. The smallest absolute Gasteiger partial charge is 0.254 e. The molecule has 2 aliphatic heterocycles. The molecule has 4 aliphatic rings. The van der Waals surface area contributed by atoms with Gasteiger partial charge in [-0.05, 0) is 91.8 Å². The Hall–Kier alpha value is -2.43. The van der Waals surface area contributed by atoms with E-state index in [2.05, 4.69) is 27.5 Å². The lowest BCUT2D eigenvalue weighted by atomic mass is 9.68. The first-order chi connectivity index (χ1) is 20.9. The molecule has 0 aromatic heterocycles. The number of ether oxygens (including phenoxy) is 3. The van der Waals surface area contributed by atoms with Crippen molar-refractivity contribution < 1.29 is 28.3 Å². The Morgan fingerprint density at radius 2 is 2.07 bits per heavy atom. The number of carbonyl (C=O) groups excluding carboxylic acids is 1. The minimum atomic E-state index is -1.72. The van der Waals surface area contributed by atoms with Gasteiger partial charge in [-0.3, -0.25) is 4.79 Å². The lowest BCUT2D eigenvalue weighted by Crippen LogP contribution is -2.49. The lowest BCUT2D eigenvalue weighted by molar-refractivity contribution is 0.0112. The van der Waals surface area contributed by atoms with E-state index in [0.717, 1.165) is 61.7 Å². The number of aliphatic hydroxyl groups is 1. The van der Waals surface area contributed by atoms with Crippen molar-refractivity contribution in [2.45, 2.75) is 56.1 Å². The highest BCUT2D eigenvalue weighted by molar-refractivity contribution is 7.75. The molecule has 2 bridgehead atoms. The van der Waals surface area contributed by atoms with Crippen molar-refractivity contribution in [3.8, 4) is 5.75 Å². The van der Waals surface area contributed by atoms with Crippen LogP contribution in [0.5, 0.6) is 5.75 Å². The summed E-state index contributed by atoms with van der Waals surface area (Å²) in [6.45, 7) is 2.16. The number of hydrogen-bond donors (Lipinski definition) is 1. The molecule has 8 nitrogen and oxygen atoms in total. The number of hydrogen-bond acceptors (Lipinski definition) is 8. The van der Waals surface area contributed by atoms with E-state index >= 15 is 0 Å². The number of halogens is 1. The van der Waals surface area contributed by atoms with Crippen LogP contribution in [0.1, 0.15) is 53.6 Å². The molecule has 5 atom stereocenters. The van der Waals surface area contributed by atoms with Gasteiger partial charge in [0.1, 0.15) is 5.75 Å². The maximum atomic E-state index is 13.2. The maximum Gasteiger partial charge on any atom is 0.254 e. The largest absolute Gasteiger partial charge is 0.490 e. The predicted molar refractivity (Wildman–Crippen MR) is 167 cm³/mol. The minimum Gasteiger partial charge on any atom is -0.490 e. The molecule has 232 valence electrons. The van der Waals surface area contributed by atoms with Crippen LogP contribution in [0.25, 0.3) is 0 Å². The van der Waals surface area contributed by atoms with Gasteiger partial charge in [0.05, 0.1) is 37.7 Å². The number of aliphatic hydroxyl groups excluding tert-OH is 1. The molecule has 1 fully saturated rings. The third-order valence-electron chi connectivity index (χ3n) is 9.61. The molecule has 2 heterocycles. The Morgan fingerprint density at radius 3 is 2.86 bits per heavy atom. The van der Waals surface area contributed by atoms with E-state index in [0.29, 0.717) is 30.4 Å². The lowest BCUT2D eigenvalue weighted by Gasteiger charge is -2.46. The molecule has 1 amide bonds. The second-order valence-electron chi connectivity index (χ2n) is 12.2. The van der Waals surface area contributed by atoms with Crippen molar-refractivity contribution in [1.29, 1.82) is 0 Å².